The van der Waals surface area contributed by atoms with Gasteiger partial charge in [-0.2, -0.15) is 0 Å². The van der Waals surface area contributed by atoms with Crippen molar-refractivity contribution in [2.45, 2.75) is 0 Å². The van der Waals surface area contributed by atoms with Gasteiger partial charge in [0.15, 0.2) is 0 Å². The van der Waals surface area contributed by atoms with Crippen molar-refractivity contribution in [3.8, 4) is 22.3 Å². The molecule has 0 spiro atoms. The number of anilines is 2. The van der Waals surface area contributed by atoms with Crippen molar-refractivity contribution >= 4 is 28.3 Å². The smallest absolute Gasteiger partial charge is 0.323 e. The second-order valence-electron chi connectivity index (χ2n) is 7.27. The largest absolute Gasteiger partial charge is 0.351 e. The summed E-state index contributed by atoms with van der Waals surface area (Å²) >= 11 is 0. The number of aromatic nitrogens is 3. The number of carbonyl (C=O) groups excluding carboxylic acids is 1. The average Bonchev–Trinajstić information content (AvgIpc) is 2.85. The lowest BCUT2D eigenvalue weighted by molar-refractivity contribution is 0.256. The number of amides is 2. The van der Waals surface area contributed by atoms with Crippen LogP contribution in [0.15, 0.2) is 104 Å². The zero-order chi connectivity index (χ0) is 21.9. The molecule has 3 aromatic heterocycles. The molecular weight excluding hydrogens is 398 g/mol. The van der Waals surface area contributed by atoms with Crippen molar-refractivity contribution in [2.24, 2.45) is 5.73 Å². The van der Waals surface area contributed by atoms with Crippen molar-refractivity contribution in [1.29, 1.82) is 0 Å². The number of primary amides is 1. The van der Waals surface area contributed by atoms with Gasteiger partial charge in [-0.05, 0) is 65.2 Å². The third kappa shape index (κ3) is 3.65. The lowest BCUT2D eigenvalue weighted by atomic mass is 9.98. The van der Waals surface area contributed by atoms with Gasteiger partial charge in [0.2, 0.25) is 0 Å². The van der Waals surface area contributed by atoms with Crippen LogP contribution in [0, 0.1) is 0 Å². The molecule has 0 aliphatic carbocycles. The van der Waals surface area contributed by atoms with Crippen LogP contribution in [0.4, 0.5) is 16.2 Å². The highest BCUT2D eigenvalue weighted by molar-refractivity contribution is 6.00. The minimum absolute atomic E-state index is 0.571. The van der Waals surface area contributed by atoms with Crippen LogP contribution in [-0.4, -0.2) is 21.0 Å². The lowest BCUT2D eigenvalue weighted by Gasteiger charge is -2.21. The molecule has 3 heterocycles. The van der Waals surface area contributed by atoms with Gasteiger partial charge in [0.05, 0.1) is 23.1 Å². The maximum absolute atomic E-state index is 12.2. The van der Waals surface area contributed by atoms with Crippen LogP contribution in [0.2, 0.25) is 0 Å². The summed E-state index contributed by atoms with van der Waals surface area (Å²) in [6.45, 7) is 0. The summed E-state index contributed by atoms with van der Waals surface area (Å²) in [6.07, 6.45) is 8.77. The van der Waals surface area contributed by atoms with Crippen LogP contribution < -0.4 is 10.6 Å². The van der Waals surface area contributed by atoms with Gasteiger partial charge in [-0.3, -0.25) is 19.9 Å². The fourth-order valence-corrected chi connectivity index (χ4v) is 3.80. The molecule has 0 atom stereocenters. The Morgan fingerprint density at radius 2 is 1.53 bits per heavy atom. The third-order valence-corrected chi connectivity index (χ3v) is 5.28. The molecule has 0 aliphatic heterocycles. The third-order valence-electron chi connectivity index (χ3n) is 5.28. The van der Waals surface area contributed by atoms with Gasteiger partial charge >= 0.3 is 6.03 Å². The zero-order valence-corrected chi connectivity index (χ0v) is 17.1. The summed E-state index contributed by atoms with van der Waals surface area (Å²) in [6, 6.07) is 22.7. The molecule has 0 radical (unpaired) electrons. The molecule has 0 saturated heterocycles. The molecule has 0 aliphatic rings. The number of para-hydroxylation sites is 1. The van der Waals surface area contributed by atoms with Crippen LogP contribution in [0.1, 0.15) is 0 Å². The number of fused-ring (bicyclic) bond motifs is 1. The Kier molecular flexibility index (Phi) is 5.01. The zero-order valence-electron chi connectivity index (χ0n) is 17.1. The molecule has 0 bridgehead atoms. The van der Waals surface area contributed by atoms with Gasteiger partial charge < -0.3 is 5.73 Å². The minimum Gasteiger partial charge on any atom is -0.351 e. The molecule has 2 aromatic carbocycles. The van der Waals surface area contributed by atoms with E-state index in [1.807, 2.05) is 72.9 Å². The van der Waals surface area contributed by atoms with E-state index in [0.717, 1.165) is 33.2 Å². The Morgan fingerprint density at radius 3 is 2.31 bits per heavy atom. The molecule has 2 N–H and O–H groups in total. The fraction of sp³-hybridized carbons (Fsp3) is 0. The highest BCUT2D eigenvalue weighted by Gasteiger charge is 2.16. The quantitative estimate of drug-likeness (QED) is 0.414. The van der Waals surface area contributed by atoms with Gasteiger partial charge in [-0.1, -0.05) is 24.3 Å². The standard InChI is InChI=1S/C26H19N5O/c27-26(32)31(21-4-2-1-3-5-21)22-14-20(16-29-17-22)19-6-7-25-24(15-19)23(10-13-30-25)18-8-11-28-12-9-18/h1-17H,(H2,27,32). The van der Waals surface area contributed by atoms with E-state index in [1.54, 1.807) is 24.8 Å². The summed E-state index contributed by atoms with van der Waals surface area (Å²) < 4.78 is 0. The highest BCUT2D eigenvalue weighted by Crippen LogP contribution is 2.33. The van der Waals surface area contributed by atoms with E-state index in [1.165, 1.54) is 4.90 Å². The van der Waals surface area contributed by atoms with Crippen molar-refractivity contribution in [3.63, 3.8) is 0 Å². The van der Waals surface area contributed by atoms with Crippen LogP contribution in [0.5, 0.6) is 0 Å². The van der Waals surface area contributed by atoms with Gasteiger partial charge in [-0.25, -0.2) is 4.79 Å². The average molecular weight is 417 g/mol. The lowest BCUT2D eigenvalue weighted by Crippen LogP contribution is -2.31. The molecule has 5 aromatic rings. The van der Waals surface area contributed by atoms with Crippen LogP contribution in [-0.2, 0) is 0 Å². The predicted octanol–water partition coefficient (Wildman–Crippen LogP) is 5.58. The van der Waals surface area contributed by atoms with E-state index in [0.29, 0.717) is 11.4 Å². The van der Waals surface area contributed by atoms with Gasteiger partial charge in [0.25, 0.3) is 0 Å². The number of urea groups is 1. The first kappa shape index (κ1) is 19.4. The fourth-order valence-electron chi connectivity index (χ4n) is 3.80. The maximum Gasteiger partial charge on any atom is 0.323 e. The van der Waals surface area contributed by atoms with Crippen molar-refractivity contribution in [2.75, 3.05) is 4.90 Å². The summed E-state index contributed by atoms with van der Waals surface area (Å²) in [5, 5.41) is 1.02. The van der Waals surface area contributed by atoms with E-state index < -0.39 is 6.03 Å². The number of nitrogens with zero attached hydrogens (tertiary/aromatic N) is 4. The molecule has 5 rings (SSSR count). The van der Waals surface area contributed by atoms with E-state index >= 15 is 0 Å². The van der Waals surface area contributed by atoms with E-state index in [4.69, 9.17) is 5.73 Å². The molecule has 0 unspecified atom stereocenters. The van der Waals surface area contributed by atoms with Crippen LogP contribution in [0.25, 0.3) is 33.2 Å². The number of nitrogens with two attached hydrogens (primary N) is 1. The monoisotopic (exact) mass is 417 g/mol. The predicted molar refractivity (Wildman–Crippen MR) is 126 cm³/mol. The summed E-state index contributed by atoms with van der Waals surface area (Å²) in [4.78, 5) is 26.7. The molecule has 0 saturated carbocycles. The second-order valence-corrected chi connectivity index (χ2v) is 7.27. The topological polar surface area (TPSA) is 85.0 Å². The molecular formula is C26H19N5O. The van der Waals surface area contributed by atoms with E-state index in [2.05, 4.69) is 21.0 Å². The minimum atomic E-state index is -0.571. The summed E-state index contributed by atoms with van der Waals surface area (Å²) in [5.41, 5.74) is 11.9. The van der Waals surface area contributed by atoms with E-state index in [-0.39, 0.29) is 0 Å². The Balaban J connectivity index is 1.61. The highest BCUT2D eigenvalue weighted by atomic mass is 16.2. The second kappa shape index (κ2) is 8.28. The Bertz CT molecular complexity index is 1400. The Labute approximate surface area is 185 Å². The Morgan fingerprint density at radius 1 is 0.719 bits per heavy atom. The SMILES string of the molecule is NC(=O)N(c1ccccc1)c1cncc(-c2ccc3nccc(-c4ccncc4)c3c2)c1. The van der Waals surface area contributed by atoms with Crippen molar-refractivity contribution in [3.05, 3.63) is 104 Å². The first-order valence-electron chi connectivity index (χ1n) is 10.1. The summed E-state index contributed by atoms with van der Waals surface area (Å²) in [7, 11) is 0. The molecule has 6 heteroatoms. The molecule has 0 fully saturated rings. The van der Waals surface area contributed by atoms with Crippen LogP contribution >= 0.6 is 0 Å². The van der Waals surface area contributed by atoms with Crippen molar-refractivity contribution in [1.82, 2.24) is 15.0 Å². The first-order chi connectivity index (χ1) is 15.7. The van der Waals surface area contributed by atoms with Crippen LogP contribution in [0.3, 0.4) is 0 Å². The maximum atomic E-state index is 12.2. The van der Waals surface area contributed by atoms with Gasteiger partial charge in [0.1, 0.15) is 0 Å². The van der Waals surface area contributed by atoms with Gasteiger partial charge in [0, 0.05) is 35.7 Å². The molecule has 2 amide bonds. The van der Waals surface area contributed by atoms with Crippen molar-refractivity contribution < 1.29 is 4.79 Å². The number of rotatable bonds is 4. The number of hydrogen-bond acceptors (Lipinski definition) is 4. The number of hydrogen-bond donors (Lipinski definition) is 1. The Hall–Kier alpha value is -4.58. The number of pyridine rings is 3. The first-order valence-corrected chi connectivity index (χ1v) is 10.1. The molecule has 154 valence electrons. The van der Waals surface area contributed by atoms with Gasteiger partial charge in [-0.15, -0.1) is 0 Å². The molecule has 32 heavy (non-hydrogen) atoms. The summed E-state index contributed by atoms with van der Waals surface area (Å²) in [5.74, 6) is 0. The van der Waals surface area contributed by atoms with E-state index in [9.17, 15) is 4.79 Å². The normalized spacial score (nSPS) is 10.8. The number of benzene rings is 2. The number of carbonyl (C=O) groups is 1. The molecule has 6 nitrogen and oxygen atoms in total.